The van der Waals surface area contributed by atoms with Crippen molar-refractivity contribution in [2.45, 2.75) is 85.1 Å². The Morgan fingerprint density at radius 3 is 2.17 bits per heavy atom. The van der Waals surface area contributed by atoms with Crippen molar-refractivity contribution in [3.63, 3.8) is 0 Å². The Hall–Kier alpha value is -1.38. The van der Waals surface area contributed by atoms with E-state index in [1.165, 1.54) is 6.07 Å². The highest BCUT2D eigenvalue weighted by Crippen LogP contribution is 2.26. The molecule has 1 amide bonds. The molecule has 0 radical (unpaired) electrons. The van der Waals surface area contributed by atoms with E-state index >= 15 is 0 Å². The SMILES string of the molecule is CCCCC(CCCC)N(C(=O)CCC)c1ccc(F)c(C)c1. The molecule has 0 unspecified atom stereocenters. The van der Waals surface area contributed by atoms with Gasteiger partial charge in [0.15, 0.2) is 0 Å². The van der Waals surface area contributed by atoms with Crippen LogP contribution in [0.1, 0.15) is 77.7 Å². The van der Waals surface area contributed by atoms with Gasteiger partial charge in [0, 0.05) is 18.2 Å². The molecule has 1 aromatic carbocycles. The molecule has 3 heteroatoms. The quantitative estimate of drug-likeness (QED) is 0.516. The van der Waals surface area contributed by atoms with Gasteiger partial charge in [-0.15, -0.1) is 0 Å². The molecule has 0 fully saturated rings. The molecule has 0 aliphatic heterocycles. The maximum absolute atomic E-state index is 13.6. The maximum Gasteiger partial charge on any atom is 0.227 e. The molecule has 1 rings (SSSR count). The predicted octanol–water partition coefficient (Wildman–Crippen LogP) is 6.02. The van der Waals surface area contributed by atoms with E-state index in [2.05, 4.69) is 13.8 Å². The average Bonchev–Trinajstić information content (AvgIpc) is 2.53. The lowest BCUT2D eigenvalue weighted by Gasteiger charge is -2.32. The zero-order valence-electron chi connectivity index (χ0n) is 15.2. The highest BCUT2D eigenvalue weighted by molar-refractivity contribution is 5.94. The van der Waals surface area contributed by atoms with Gasteiger partial charge in [0.05, 0.1) is 0 Å². The molecule has 0 N–H and O–H groups in total. The third-order valence-electron chi connectivity index (χ3n) is 4.30. The van der Waals surface area contributed by atoms with Crippen LogP contribution in [0.2, 0.25) is 0 Å². The van der Waals surface area contributed by atoms with Crippen molar-refractivity contribution in [3.05, 3.63) is 29.6 Å². The fourth-order valence-corrected chi connectivity index (χ4v) is 2.95. The van der Waals surface area contributed by atoms with Crippen LogP contribution in [-0.4, -0.2) is 11.9 Å². The van der Waals surface area contributed by atoms with E-state index in [-0.39, 0.29) is 17.8 Å². The van der Waals surface area contributed by atoms with Crippen LogP contribution in [0.3, 0.4) is 0 Å². The summed E-state index contributed by atoms with van der Waals surface area (Å²) in [5, 5.41) is 0. The minimum atomic E-state index is -0.213. The van der Waals surface area contributed by atoms with Crippen LogP contribution in [0.25, 0.3) is 0 Å². The summed E-state index contributed by atoms with van der Waals surface area (Å²) >= 11 is 0. The monoisotopic (exact) mass is 321 g/mol. The molecule has 0 spiro atoms. The van der Waals surface area contributed by atoms with Crippen molar-refractivity contribution in [2.75, 3.05) is 4.90 Å². The fraction of sp³-hybridized carbons (Fsp3) is 0.650. The first-order valence-electron chi connectivity index (χ1n) is 9.13. The lowest BCUT2D eigenvalue weighted by Crippen LogP contribution is -2.40. The zero-order chi connectivity index (χ0) is 17.2. The first-order chi connectivity index (χ1) is 11.0. The molecule has 1 aromatic rings. The van der Waals surface area contributed by atoms with Gasteiger partial charge in [-0.2, -0.15) is 0 Å². The van der Waals surface area contributed by atoms with Gasteiger partial charge in [-0.05, 0) is 49.9 Å². The van der Waals surface area contributed by atoms with Gasteiger partial charge in [-0.1, -0.05) is 46.5 Å². The summed E-state index contributed by atoms with van der Waals surface area (Å²) < 4.78 is 13.6. The lowest BCUT2D eigenvalue weighted by atomic mass is 10.00. The smallest absolute Gasteiger partial charge is 0.227 e. The molecule has 0 aliphatic rings. The van der Waals surface area contributed by atoms with E-state index < -0.39 is 0 Å². The Labute approximate surface area is 141 Å². The second kappa shape index (κ2) is 10.4. The molecule has 0 bridgehead atoms. The van der Waals surface area contributed by atoms with E-state index in [0.29, 0.717) is 12.0 Å². The topological polar surface area (TPSA) is 20.3 Å². The van der Waals surface area contributed by atoms with E-state index in [4.69, 9.17) is 0 Å². The number of nitrogens with zero attached hydrogens (tertiary/aromatic N) is 1. The Kier molecular flexibility index (Phi) is 8.90. The molecule has 0 heterocycles. The van der Waals surface area contributed by atoms with Crippen molar-refractivity contribution in [1.82, 2.24) is 0 Å². The first kappa shape index (κ1) is 19.7. The first-order valence-corrected chi connectivity index (χ1v) is 9.13. The van der Waals surface area contributed by atoms with Crippen molar-refractivity contribution in [3.8, 4) is 0 Å². The number of benzene rings is 1. The molecule has 23 heavy (non-hydrogen) atoms. The number of rotatable bonds is 10. The Morgan fingerprint density at radius 1 is 1.09 bits per heavy atom. The Morgan fingerprint density at radius 2 is 1.70 bits per heavy atom. The van der Waals surface area contributed by atoms with Gasteiger partial charge in [0.25, 0.3) is 0 Å². The second-order valence-electron chi connectivity index (χ2n) is 6.39. The summed E-state index contributed by atoms with van der Waals surface area (Å²) in [6.07, 6.45) is 7.90. The van der Waals surface area contributed by atoms with Crippen LogP contribution < -0.4 is 4.90 Å². The van der Waals surface area contributed by atoms with Crippen LogP contribution in [-0.2, 0) is 4.79 Å². The van der Waals surface area contributed by atoms with E-state index in [1.807, 2.05) is 17.9 Å². The van der Waals surface area contributed by atoms with Gasteiger partial charge in [-0.3, -0.25) is 4.79 Å². The Bertz CT molecular complexity index is 479. The van der Waals surface area contributed by atoms with Gasteiger partial charge in [0.1, 0.15) is 5.82 Å². The number of aryl methyl sites for hydroxylation is 1. The predicted molar refractivity (Wildman–Crippen MR) is 96.4 cm³/mol. The highest BCUT2D eigenvalue weighted by atomic mass is 19.1. The summed E-state index contributed by atoms with van der Waals surface area (Å²) in [7, 11) is 0. The number of hydrogen-bond acceptors (Lipinski definition) is 1. The van der Waals surface area contributed by atoms with Crippen molar-refractivity contribution in [2.24, 2.45) is 0 Å². The number of halogens is 1. The van der Waals surface area contributed by atoms with Gasteiger partial charge >= 0.3 is 0 Å². The van der Waals surface area contributed by atoms with Crippen LogP contribution in [0, 0.1) is 12.7 Å². The zero-order valence-corrected chi connectivity index (χ0v) is 15.2. The molecule has 0 saturated heterocycles. The second-order valence-corrected chi connectivity index (χ2v) is 6.39. The van der Waals surface area contributed by atoms with Gasteiger partial charge in [0.2, 0.25) is 5.91 Å². The van der Waals surface area contributed by atoms with E-state index in [0.717, 1.165) is 50.6 Å². The summed E-state index contributed by atoms with van der Waals surface area (Å²) in [5.41, 5.74) is 1.45. The number of anilines is 1. The molecule has 130 valence electrons. The maximum atomic E-state index is 13.6. The number of hydrogen-bond donors (Lipinski definition) is 0. The van der Waals surface area contributed by atoms with Crippen LogP contribution >= 0.6 is 0 Å². The number of amides is 1. The fourth-order valence-electron chi connectivity index (χ4n) is 2.95. The van der Waals surface area contributed by atoms with Gasteiger partial charge < -0.3 is 4.90 Å². The minimum absolute atomic E-state index is 0.163. The number of unbranched alkanes of at least 4 members (excludes halogenated alkanes) is 2. The standard InChI is InChI=1S/C20H32FNO/c1-5-8-11-17(12-9-6-2)22(20(23)10-7-3)18-13-14-19(21)16(4)15-18/h13-15,17H,5-12H2,1-4H3. The van der Waals surface area contributed by atoms with Gasteiger partial charge in [-0.25, -0.2) is 4.39 Å². The molecule has 2 nitrogen and oxygen atoms in total. The van der Waals surface area contributed by atoms with Crippen LogP contribution in [0.15, 0.2) is 18.2 Å². The largest absolute Gasteiger partial charge is 0.309 e. The van der Waals surface area contributed by atoms with E-state index in [1.54, 1.807) is 13.0 Å². The Balaban J connectivity index is 3.12. The van der Waals surface area contributed by atoms with E-state index in [9.17, 15) is 9.18 Å². The summed E-state index contributed by atoms with van der Waals surface area (Å²) in [6, 6.07) is 5.26. The van der Waals surface area contributed by atoms with Crippen molar-refractivity contribution < 1.29 is 9.18 Å². The third kappa shape index (κ3) is 5.96. The number of carbonyl (C=O) groups is 1. The average molecular weight is 321 g/mol. The van der Waals surface area contributed by atoms with Crippen LogP contribution in [0.4, 0.5) is 10.1 Å². The summed E-state index contributed by atoms with van der Waals surface area (Å²) in [4.78, 5) is 14.7. The molecule has 0 saturated carbocycles. The normalized spacial score (nSPS) is 11.0. The lowest BCUT2D eigenvalue weighted by molar-refractivity contribution is -0.119. The highest BCUT2D eigenvalue weighted by Gasteiger charge is 2.24. The molecule has 0 aromatic heterocycles. The molecular weight excluding hydrogens is 289 g/mol. The minimum Gasteiger partial charge on any atom is -0.309 e. The van der Waals surface area contributed by atoms with Crippen molar-refractivity contribution in [1.29, 1.82) is 0 Å². The number of carbonyl (C=O) groups excluding carboxylic acids is 1. The van der Waals surface area contributed by atoms with Crippen LogP contribution in [0.5, 0.6) is 0 Å². The van der Waals surface area contributed by atoms with Crippen molar-refractivity contribution >= 4 is 11.6 Å². The summed E-state index contributed by atoms with van der Waals surface area (Å²) in [6.45, 7) is 8.14. The molecule has 0 atom stereocenters. The third-order valence-corrected chi connectivity index (χ3v) is 4.30. The summed E-state index contributed by atoms with van der Waals surface area (Å²) in [5.74, 6) is -0.0500. The molecule has 0 aliphatic carbocycles. The molecular formula is C20H32FNO.